The van der Waals surface area contributed by atoms with Gasteiger partial charge in [-0.15, -0.1) is 0 Å². The molecule has 3 rings (SSSR count). The van der Waals surface area contributed by atoms with Crippen LogP contribution in [0.25, 0.3) is 12.2 Å². The van der Waals surface area contributed by atoms with E-state index < -0.39 is 5.97 Å². The molecule has 3 aromatic rings. The van der Waals surface area contributed by atoms with Crippen molar-refractivity contribution in [3.63, 3.8) is 0 Å². The minimum atomic E-state index is -0.921. The number of carbonyl (C=O) groups is 1. The second-order valence-electron chi connectivity index (χ2n) is 5.22. The van der Waals surface area contributed by atoms with Gasteiger partial charge in [0.15, 0.2) is 0 Å². The Morgan fingerprint density at radius 1 is 0.696 bits per heavy atom. The third-order valence-electron chi connectivity index (χ3n) is 3.60. The highest BCUT2D eigenvalue weighted by molar-refractivity contribution is 5.88. The van der Waals surface area contributed by atoms with Crippen LogP contribution in [0.3, 0.4) is 0 Å². The van der Waals surface area contributed by atoms with Crippen molar-refractivity contribution < 1.29 is 9.90 Å². The summed E-state index contributed by atoms with van der Waals surface area (Å²) in [5, 5.41) is 11.1. The van der Waals surface area contributed by atoms with E-state index in [-0.39, 0.29) is 0 Å². The van der Waals surface area contributed by atoms with Crippen LogP contribution in [0.2, 0.25) is 0 Å². The fraction of sp³-hybridized carbons (Fsp3) is 0. The number of carboxylic acid groups (broad SMARTS) is 1. The normalized spacial score (nSPS) is 12.3. The molecule has 1 N–H and O–H groups in total. The van der Waals surface area contributed by atoms with Crippen molar-refractivity contribution >= 4 is 18.1 Å². The van der Waals surface area contributed by atoms with Gasteiger partial charge in [-0.2, -0.15) is 0 Å². The molecule has 0 atom stereocenters. The van der Waals surface area contributed by atoms with E-state index in [4.69, 9.17) is 0 Å². The average molecular weight is 300 g/mol. The Morgan fingerprint density at radius 2 is 1.26 bits per heavy atom. The highest BCUT2D eigenvalue weighted by atomic mass is 16.4. The molecule has 0 amide bonds. The van der Waals surface area contributed by atoms with Gasteiger partial charge in [-0.05, 0) is 39.8 Å². The smallest absolute Gasteiger partial charge is 0.336 e. The molecule has 0 spiro atoms. The minimum absolute atomic E-state index is 0.304. The van der Waals surface area contributed by atoms with Crippen LogP contribution in [0.15, 0.2) is 78.9 Å². The fourth-order valence-electron chi connectivity index (χ4n) is 2.50. The Labute approximate surface area is 134 Å². The Hall–Kier alpha value is -3.13. The van der Waals surface area contributed by atoms with E-state index in [1.54, 1.807) is 12.1 Å². The predicted molar refractivity (Wildman–Crippen MR) is 92.7 cm³/mol. The molecule has 0 aliphatic heterocycles. The molecule has 0 fully saturated rings. The van der Waals surface area contributed by atoms with Gasteiger partial charge in [0.1, 0.15) is 0 Å². The molecule has 2 heteroatoms. The first-order valence-electron chi connectivity index (χ1n) is 7.40. The van der Waals surface area contributed by atoms with Gasteiger partial charge in [-0.25, -0.2) is 4.79 Å². The Kier molecular flexibility index (Phi) is 4.34. The quantitative estimate of drug-likeness (QED) is 0.807. The maximum absolute atomic E-state index is 11.6. The molecule has 0 aromatic heterocycles. The number of benzene rings is 3. The highest BCUT2D eigenvalue weighted by Gasteiger charge is 2.05. The van der Waals surface area contributed by atoms with Crippen LogP contribution < -0.4 is 10.4 Å². The average Bonchev–Trinajstić information content (AvgIpc) is 2.58. The van der Waals surface area contributed by atoms with Gasteiger partial charge in [0.2, 0.25) is 0 Å². The Bertz CT molecular complexity index is 927. The monoisotopic (exact) mass is 300 g/mol. The second-order valence-corrected chi connectivity index (χ2v) is 5.22. The molecule has 0 saturated carbocycles. The molecule has 0 aliphatic rings. The summed E-state index contributed by atoms with van der Waals surface area (Å²) < 4.78 is 0. The van der Waals surface area contributed by atoms with Gasteiger partial charge >= 0.3 is 5.97 Å². The molecule has 0 bridgehead atoms. The van der Waals surface area contributed by atoms with Crippen molar-refractivity contribution in [2.24, 2.45) is 0 Å². The summed E-state index contributed by atoms with van der Waals surface area (Å²) in [6.07, 6.45) is 3.92. The molecule has 0 heterocycles. The zero-order chi connectivity index (χ0) is 16.1. The number of aromatic carboxylic acids is 1. The number of rotatable bonds is 3. The van der Waals surface area contributed by atoms with E-state index in [0.29, 0.717) is 5.56 Å². The van der Waals surface area contributed by atoms with Gasteiger partial charge in [-0.1, -0.05) is 72.8 Å². The highest BCUT2D eigenvalue weighted by Crippen LogP contribution is 2.01. The summed E-state index contributed by atoms with van der Waals surface area (Å²) in [5.74, 6) is -0.921. The molecule has 0 unspecified atom stereocenters. The second kappa shape index (κ2) is 6.75. The molecule has 23 heavy (non-hydrogen) atoms. The maximum atomic E-state index is 11.6. The van der Waals surface area contributed by atoms with Crippen LogP contribution in [0.5, 0.6) is 0 Å². The lowest BCUT2D eigenvalue weighted by Gasteiger charge is -2.00. The summed E-state index contributed by atoms with van der Waals surface area (Å²) in [4.78, 5) is 11.6. The van der Waals surface area contributed by atoms with Crippen molar-refractivity contribution in [2.45, 2.75) is 0 Å². The SMILES string of the molecule is O=C(O)c1cccc(=Cc2ccccc2)c1=Cc1ccccc1. The number of hydrogen-bond donors (Lipinski definition) is 1. The molecule has 2 nitrogen and oxygen atoms in total. The first-order chi connectivity index (χ1) is 11.2. The first kappa shape index (κ1) is 14.8. The topological polar surface area (TPSA) is 37.3 Å². The molecule has 0 saturated heterocycles. The van der Waals surface area contributed by atoms with Crippen LogP contribution in [-0.2, 0) is 0 Å². The first-order valence-corrected chi connectivity index (χ1v) is 7.40. The van der Waals surface area contributed by atoms with Crippen LogP contribution >= 0.6 is 0 Å². The van der Waals surface area contributed by atoms with E-state index in [0.717, 1.165) is 21.6 Å². The van der Waals surface area contributed by atoms with Gasteiger partial charge in [-0.3, -0.25) is 0 Å². The van der Waals surface area contributed by atoms with Crippen molar-refractivity contribution in [3.8, 4) is 0 Å². The van der Waals surface area contributed by atoms with Crippen LogP contribution in [0.1, 0.15) is 21.5 Å². The number of carboxylic acids is 1. The van der Waals surface area contributed by atoms with Gasteiger partial charge in [0.05, 0.1) is 5.56 Å². The summed E-state index contributed by atoms with van der Waals surface area (Å²) in [7, 11) is 0. The molecule has 0 aliphatic carbocycles. The summed E-state index contributed by atoms with van der Waals surface area (Å²) >= 11 is 0. The van der Waals surface area contributed by atoms with Crippen molar-refractivity contribution in [2.75, 3.05) is 0 Å². The zero-order valence-electron chi connectivity index (χ0n) is 12.5. The maximum Gasteiger partial charge on any atom is 0.336 e. The van der Waals surface area contributed by atoms with Crippen LogP contribution in [0.4, 0.5) is 0 Å². The van der Waals surface area contributed by atoms with Crippen LogP contribution in [-0.4, -0.2) is 11.1 Å². The van der Waals surface area contributed by atoms with Gasteiger partial charge < -0.3 is 5.11 Å². The van der Waals surface area contributed by atoms with Crippen molar-refractivity contribution in [1.29, 1.82) is 0 Å². The van der Waals surface area contributed by atoms with Crippen molar-refractivity contribution in [3.05, 3.63) is 106 Å². The number of hydrogen-bond acceptors (Lipinski definition) is 1. The molecule has 0 radical (unpaired) electrons. The third-order valence-corrected chi connectivity index (χ3v) is 3.60. The summed E-state index contributed by atoms with van der Waals surface area (Å²) in [5.41, 5.74) is 2.32. The Balaban J connectivity index is 2.30. The summed E-state index contributed by atoms with van der Waals surface area (Å²) in [6, 6.07) is 25.0. The lowest BCUT2D eigenvalue weighted by molar-refractivity contribution is 0.0695. The standard InChI is InChI=1S/C21H16O2/c22-21(23)19-13-7-12-18(14-16-8-3-1-4-9-16)20(19)15-17-10-5-2-6-11-17/h1-15H,(H,22,23). The van der Waals surface area contributed by atoms with E-state index in [1.165, 1.54) is 0 Å². The summed E-state index contributed by atoms with van der Waals surface area (Å²) in [6.45, 7) is 0. The predicted octanol–water partition coefficient (Wildman–Crippen LogP) is 3.04. The lowest BCUT2D eigenvalue weighted by Crippen LogP contribution is -2.31. The molecular formula is C21H16O2. The lowest BCUT2D eigenvalue weighted by atomic mass is 10.0. The van der Waals surface area contributed by atoms with Gasteiger partial charge in [0, 0.05) is 0 Å². The Morgan fingerprint density at radius 3 is 1.83 bits per heavy atom. The largest absolute Gasteiger partial charge is 0.478 e. The van der Waals surface area contributed by atoms with E-state index in [9.17, 15) is 9.90 Å². The fourth-order valence-corrected chi connectivity index (χ4v) is 2.50. The van der Waals surface area contributed by atoms with E-state index in [2.05, 4.69) is 0 Å². The van der Waals surface area contributed by atoms with Crippen LogP contribution in [0, 0.1) is 0 Å². The third kappa shape index (κ3) is 3.55. The molecule has 3 aromatic carbocycles. The van der Waals surface area contributed by atoms with E-state index in [1.807, 2.05) is 78.9 Å². The van der Waals surface area contributed by atoms with E-state index >= 15 is 0 Å². The molecular weight excluding hydrogens is 284 g/mol. The van der Waals surface area contributed by atoms with Gasteiger partial charge in [0.25, 0.3) is 0 Å². The zero-order valence-corrected chi connectivity index (χ0v) is 12.5. The minimum Gasteiger partial charge on any atom is -0.478 e. The molecule has 112 valence electrons. The van der Waals surface area contributed by atoms with Crippen molar-refractivity contribution in [1.82, 2.24) is 0 Å².